The molecule has 0 unspecified atom stereocenters. The molecule has 0 radical (unpaired) electrons. The molecule has 1 fully saturated rings. The summed E-state index contributed by atoms with van der Waals surface area (Å²) in [5.74, 6) is -1.17. The highest BCUT2D eigenvalue weighted by molar-refractivity contribution is 6.39. The molecule has 0 spiro atoms. The molecule has 1 saturated heterocycles. The van der Waals surface area contributed by atoms with E-state index in [0.29, 0.717) is 18.8 Å². The predicted molar refractivity (Wildman–Crippen MR) is 104 cm³/mol. The van der Waals surface area contributed by atoms with Crippen molar-refractivity contribution in [3.8, 4) is 0 Å². The van der Waals surface area contributed by atoms with Crippen LogP contribution in [0.1, 0.15) is 29.3 Å². The normalized spacial score (nSPS) is 21.2. The van der Waals surface area contributed by atoms with Gasteiger partial charge in [0.2, 0.25) is 0 Å². The molecule has 1 aromatic carbocycles. The van der Waals surface area contributed by atoms with E-state index in [-0.39, 0.29) is 12.0 Å². The van der Waals surface area contributed by atoms with Gasteiger partial charge in [-0.3, -0.25) is 14.3 Å². The molecule has 3 N–H and O–H groups in total. The fraction of sp³-hybridized carbons (Fsp3) is 0.450. The predicted octanol–water partition coefficient (Wildman–Crippen LogP) is 0.898. The molecule has 2 amide bonds. The van der Waals surface area contributed by atoms with Crippen LogP contribution in [0.5, 0.6) is 0 Å². The number of nitrogens with zero attached hydrogens (tertiary/aromatic N) is 2. The lowest BCUT2D eigenvalue weighted by Gasteiger charge is -2.19. The van der Waals surface area contributed by atoms with Crippen molar-refractivity contribution in [1.82, 2.24) is 20.4 Å². The summed E-state index contributed by atoms with van der Waals surface area (Å²) < 4.78 is 7.59. The largest absolute Gasteiger partial charge is 0.372 e. The van der Waals surface area contributed by atoms with Crippen molar-refractivity contribution in [1.29, 1.82) is 0 Å². The quantitative estimate of drug-likeness (QED) is 0.682. The Balaban J connectivity index is 1.32. The monoisotopic (exact) mass is 383 g/mol. The van der Waals surface area contributed by atoms with Gasteiger partial charge >= 0.3 is 11.8 Å². The number of hydrogen-bond donors (Lipinski definition) is 3. The number of anilines is 1. The summed E-state index contributed by atoms with van der Waals surface area (Å²) in [7, 11) is 1.87. The molecule has 1 aromatic heterocycles. The van der Waals surface area contributed by atoms with Crippen LogP contribution in [0.2, 0.25) is 0 Å². The van der Waals surface area contributed by atoms with Gasteiger partial charge in [0.15, 0.2) is 0 Å². The number of amides is 2. The molecule has 3 heterocycles. The molecule has 2 aromatic rings. The molecule has 8 heteroatoms. The topological polar surface area (TPSA) is 97.3 Å². The van der Waals surface area contributed by atoms with Gasteiger partial charge in [-0.2, -0.15) is 5.10 Å². The molecular weight excluding hydrogens is 358 g/mol. The fourth-order valence-corrected chi connectivity index (χ4v) is 3.88. The Morgan fingerprint density at radius 3 is 3.00 bits per heavy atom. The highest BCUT2D eigenvalue weighted by atomic mass is 16.5. The van der Waals surface area contributed by atoms with Crippen LogP contribution in [0.15, 0.2) is 30.5 Å². The summed E-state index contributed by atoms with van der Waals surface area (Å²) in [6.45, 7) is 2.76. The van der Waals surface area contributed by atoms with Crippen LogP contribution in [0, 0.1) is 5.92 Å². The second kappa shape index (κ2) is 8.12. The van der Waals surface area contributed by atoms with Crippen LogP contribution in [-0.4, -0.2) is 41.3 Å². The molecular formula is C20H25N5O3. The van der Waals surface area contributed by atoms with E-state index in [1.54, 1.807) is 10.9 Å². The number of aryl methyl sites for hydroxylation is 1. The number of benzene rings is 1. The maximum Gasteiger partial charge on any atom is 0.313 e. The molecule has 28 heavy (non-hydrogen) atoms. The molecule has 4 rings (SSSR count). The van der Waals surface area contributed by atoms with E-state index in [1.165, 1.54) is 5.56 Å². The maximum atomic E-state index is 12.3. The van der Waals surface area contributed by atoms with Gasteiger partial charge in [-0.05, 0) is 48.7 Å². The van der Waals surface area contributed by atoms with Gasteiger partial charge in [0.25, 0.3) is 0 Å². The minimum atomic E-state index is -0.653. The molecule has 2 aliphatic rings. The lowest BCUT2D eigenvalue weighted by atomic mass is 9.99. The van der Waals surface area contributed by atoms with Crippen LogP contribution in [0.25, 0.3) is 0 Å². The van der Waals surface area contributed by atoms with Crippen molar-refractivity contribution in [2.75, 3.05) is 25.0 Å². The van der Waals surface area contributed by atoms with E-state index in [4.69, 9.17) is 4.74 Å². The first kappa shape index (κ1) is 18.6. The zero-order chi connectivity index (χ0) is 19.5. The van der Waals surface area contributed by atoms with E-state index in [9.17, 15) is 9.59 Å². The summed E-state index contributed by atoms with van der Waals surface area (Å²) in [6, 6.07) is 7.70. The third-order valence-corrected chi connectivity index (χ3v) is 5.45. The third-order valence-electron chi connectivity index (χ3n) is 5.45. The smallest absolute Gasteiger partial charge is 0.313 e. The molecule has 0 aliphatic carbocycles. The van der Waals surface area contributed by atoms with Crippen LogP contribution in [0.3, 0.4) is 0 Å². The number of fused-ring (bicyclic) bond motifs is 1. The summed E-state index contributed by atoms with van der Waals surface area (Å²) >= 11 is 0. The lowest BCUT2D eigenvalue weighted by molar-refractivity contribution is -0.136. The zero-order valence-electron chi connectivity index (χ0n) is 15.9. The Hall–Kier alpha value is -2.71. The SMILES string of the molecule is Cn1nccc1[C@@H]1OCC[C@H]1CNC(=O)C(=O)Nc1ccc2c(c1)CNCC2. The Kier molecular flexibility index (Phi) is 5.40. The Morgan fingerprint density at radius 2 is 2.18 bits per heavy atom. The van der Waals surface area contributed by atoms with Gasteiger partial charge in [-0.25, -0.2) is 0 Å². The summed E-state index contributed by atoms with van der Waals surface area (Å²) in [6.07, 6.45) is 3.42. The van der Waals surface area contributed by atoms with Gasteiger partial charge in [0, 0.05) is 44.5 Å². The molecule has 0 bridgehead atoms. The molecule has 8 nitrogen and oxygen atoms in total. The second-order valence-electron chi connectivity index (χ2n) is 7.29. The molecule has 2 aliphatic heterocycles. The summed E-state index contributed by atoms with van der Waals surface area (Å²) in [5, 5.41) is 12.9. The van der Waals surface area contributed by atoms with Crippen molar-refractivity contribution in [2.45, 2.75) is 25.5 Å². The Bertz CT molecular complexity index is 878. The van der Waals surface area contributed by atoms with E-state index in [0.717, 1.165) is 37.2 Å². The average molecular weight is 383 g/mol. The van der Waals surface area contributed by atoms with E-state index >= 15 is 0 Å². The van der Waals surface area contributed by atoms with Gasteiger partial charge in [0.1, 0.15) is 6.10 Å². The standard InChI is InChI=1S/C20H25N5O3/c1-25-17(5-8-23-25)18-14(6-9-28-18)12-22-19(26)20(27)24-16-3-2-13-4-7-21-11-15(13)10-16/h2-3,5,8,10,14,18,21H,4,6-7,9,11-12H2,1H3,(H,22,26)(H,24,27)/t14-,18+/m0/s1. The highest BCUT2D eigenvalue weighted by Crippen LogP contribution is 2.33. The number of nitrogens with one attached hydrogen (secondary N) is 3. The number of rotatable bonds is 4. The van der Waals surface area contributed by atoms with E-state index < -0.39 is 11.8 Å². The van der Waals surface area contributed by atoms with Crippen molar-refractivity contribution in [2.24, 2.45) is 13.0 Å². The number of aromatic nitrogens is 2. The highest BCUT2D eigenvalue weighted by Gasteiger charge is 2.32. The molecule has 0 saturated carbocycles. The van der Waals surface area contributed by atoms with Crippen LogP contribution < -0.4 is 16.0 Å². The van der Waals surface area contributed by atoms with E-state index in [1.807, 2.05) is 31.3 Å². The maximum absolute atomic E-state index is 12.3. The first-order chi connectivity index (χ1) is 13.6. The number of carbonyl (C=O) groups excluding carboxylic acids is 2. The minimum absolute atomic E-state index is 0.113. The fourth-order valence-electron chi connectivity index (χ4n) is 3.88. The van der Waals surface area contributed by atoms with Crippen LogP contribution in [0.4, 0.5) is 5.69 Å². The number of carbonyl (C=O) groups is 2. The van der Waals surface area contributed by atoms with Crippen molar-refractivity contribution >= 4 is 17.5 Å². The van der Waals surface area contributed by atoms with Crippen molar-refractivity contribution < 1.29 is 14.3 Å². The average Bonchev–Trinajstić information content (AvgIpc) is 3.34. The third kappa shape index (κ3) is 3.93. The molecule has 2 atom stereocenters. The lowest BCUT2D eigenvalue weighted by Crippen LogP contribution is -2.38. The van der Waals surface area contributed by atoms with Crippen LogP contribution in [-0.2, 0) is 34.3 Å². The van der Waals surface area contributed by atoms with Gasteiger partial charge in [-0.1, -0.05) is 6.07 Å². The summed E-state index contributed by atoms with van der Waals surface area (Å²) in [5.41, 5.74) is 4.05. The molecule has 148 valence electrons. The van der Waals surface area contributed by atoms with Gasteiger partial charge in [0.05, 0.1) is 5.69 Å². The second-order valence-corrected chi connectivity index (χ2v) is 7.29. The van der Waals surface area contributed by atoms with Crippen molar-refractivity contribution in [3.05, 3.63) is 47.3 Å². The number of ether oxygens (including phenoxy) is 1. The Labute approximate surface area is 163 Å². The Morgan fingerprint density at radius 1 is 1.29 bits per heavy atom. The number of hydrogen-bond acceptors (Lipinski definition) is 5. The summed E-state index contributed by atoms with van der Waals surface area (Å²) in [4.78, 5) is 24.5. The van der Waals surface area contributed by atoms with Gasteiger partial charge < -0.3 is 20.7 Å². The minimum Gasteiger partial charge on any atom is -0.372 e. The zero-order valence-corrected chi connectivity index (χ0v) is 15.9. The first-order valence-corrected chi connectivity index (χ1v) is 9.63. The van der Waals surface area contributed by atoms with Crippen molar-refractivity contribution in [3.63, 3.8) is 0 Å². The van der Waals surface area contributed by atoms with Crippen LogP contribution >= 0.6 is 0 Å². The first-order valence-electron chi connectivity index (χ1n) is 9.63. The van der Waals surface area contributed by atoms with Gasteiger partial charge in [-0.15, -0.1) is 0 Å². The van der Waals surface area contributed by atoms with E-state index in [2.05, 4.69) is 21.0 Å².